The molecule has 0 saturated carbocycles. The van der Waals surface area contributed by atoms with Gasteiger partial charge in [-0.15, -0.1) is 0 Å². The maximum atomic E-state index is 13.0. The summed E-state index contributed by atoms with van der Waals surface area (Å²) in [7, 11) is -6.79. The molecule has 8 nitrogen and oxygen atoms in total. The van der Waals surface area contributed by atoms with Gasteiger partial charge in [-0.25, -0.2) is 0 Å². The first-order valence-electron chi connectivity index (χ1n) is 22.7. The van der Waals surface area contributed by atoms with Crippen LogP contribution in [0.2, 0.25) is 36.3 Å². The summed E-state index contributed by atoms with van der Waals surface area (Å²) in [6, 6.07) is 31.7. The third kappa shape index (κ3) is 12.6. The Bertz CT molecular complexity index is 1680. The highest BCUT2D eigenvalue weighted by Gasteiger charge is 2.50. The molecule has 2 aliphatic heterocycles. The molecule has 0 aliphatic carbocycles. The van der Waals surface area contributed by atoms with E-state index in [1.54, 1.807) is 0 Å². The van der Waals surface area contributed by atoms with Crippen molar-refractivity contribution in [3.8, 4) is 0 Å². The fourth-order valence-electron chi connectivity index (χ4n) is 7.65. The molecule has 1 N–H and O–H groups in total. The Morgan fingerprint density at radius 1 is 0.557 bits per heavy atom. The molecule has 2 fully saturated rings. The molecule has 8 atom stereocenters. The lowest BCUT2D eigenvalue weighted by Crippen LogP contribution is -2.69. The van der Waals surface area contributed by atoms with E-state index < -0.39 is 25.0 Å². The van der Waals surface area contributed by atoms with Crippen LogP contribution in [0.15, 0.2) is 91.0 Å². The van der Waals surface area contributed by atoms with E-state index in [1.165, 1.54) is 15.6 Å². The van der Waals surface area contributed by atoms with Crippen LogP contribution in [0.1, 0.15) is 95.9 Å². The summed E-state index contributed by atoms with van der Waals surface area (Å²) in [6.45, 7) is 34.8. The number of aliphatic hydroxyl groups excluding tert-OH is 1. The summed E-state index contributed by atoms with van der Waals surface area (Å²) >= 11 is 0. The van der Waals surface area contributed by atoms with E-state index in [-0.39, 0.29) is 76.7 Å². The standard InChI is InChI=1S/C33H44O4Si2.C15H30O4Si.C2H6/c1-25-30(36-32(34)26(2)31(25)37-38(6,7)33(3,4)5)23-24-35-39(27-17-11-8-12-18-27,28-19-13-9-14-20-28)29-21-15-10-16-22-29;1-10-12(8-9-16)18-14(17)11(2)13(10)19-20(6,7)15(3,4)5;1-2/h8-22,25-26,30-31H,23-24H2,1-7H3;10-13,16H,8-9H2,1-7H3;1-2H3/t25-,26+,30-,31+;10-,11+,12-,13+;/m11./s1. The van der Waals surface area contributed by atoms with Gasteiger partial charge in [-0.1, -0.05) is 160 Å². The number of esters is 2. The zero-order chi connectivity index (χ0) is 46.0. The minimum Gasteiger partial charge on any atom is -0.462 e. The van der Waals surface area contributed by atoms with Crippen LogP contribution in [0.3, 0.4) is 0 Å². The monoisotopic (exact) mass is 893 g/mol. The molecule has 340 valence electrons. The fourth-order valence-corrected chi connectivity index (χ4v) is 14.5. The van der Waals surface area contributed by atoms with Gasteiger partial charge in [0.1, 0.15) is 12.2 Å². The van der Waals surface area contributed by atoms with Crippen molar-refractivity contribution >= 4 is 52.5 Å². The quantitative estimate of drug-likeness (QED) is 0.103. The SMILES string of the molecule is CC.C[C@H]1[C@H](O[Si](C)(C)C(C)(C)C)[C@H](C)C(=O)O[C@@H]1CCO.C[C@H]1[C@H](O[Si](C)(C)C(C)(C)C)[C@H](C)C(=O)O[C@@H]1CCO[Si](c1ccccc1)(c1ccccc1)c1ccccc1. The molecule has 0 spiro atoms. The average Bonchev–Trinajstić information content (AvgIpc) is 3.22. The summed E-state index contributed by atoms with van der Waals surface area (Å²) in [5, 5.41) is 12.9. The highest BCUT2D eigenvalue weighted by Crippen LogP contribution is 2.43. The first kappa shape index (κ1) is 52.4. The molecule has 11 heteroatoms. The topological polar surface area (TPSA) is 101 Å². The van der Waals surface area contributed by atoms with Gasteiger partial charge in [0.2, 0.25) is 0 Å². The predicted molar refractivity (Wildman–Crippen MR) is 258 cm³/mol. The zero-order valence-electron chi connectivity index (χ0n) is 40.4. The number of aliphatic hydroxyl groups is 1. The highest BCUT2D eigenvalue weighted by atomic mass is 28.4. The van der Waals surface area contributed by atoms with Crippen molar-refractivity contribution < 1.29 is 37.4 Å². The van der Waals surface area contributed by atoms with Crippen molar-refractivity contribution in [2.45, 2.75) is 157 Å². The Labute approximate surface area is 372 Å². The maximum absolute atomic E-state index is 13.0. The normalized spacial score (nSPS) is 24.9. The van der Waals surface area contributed by atoms with Crippen LogP contribution in [0.5, 0.6) is 0 Å². The second kappa shape index (κ2) is 22.1. The van der Waals surface area contributed by atoms with E-state index in [2.05, 4.69) is 154 Å². The molecular weight excluding hydrogens is 813 g/mol. The molecule has 61 heavy (non-hydrogen) atoms. The van der Waals surface area contributed by atoms with Gasteiger partial charge >= 0.3 is 11.9 Å². The van der Waals surface area contributed by atoms with Gasteiger partial charge in [0.25, 0.3) is 8.32 Å². The second-order valence-electron chi connectivity index (χ2n) is 19.9. The number of carbonyl (C=O) groups excluding carboxylic acids is 2. The lowest BCUT2D eigenvalue weighted by molar-refractivity contribution is -0.178. The van der Waals surface area contributed by atoms with Crippen molar-refractivity contribution in [1.29, 1.82) is 0 Å². The van der Waals surface area contributed by atoms with Gasteiger partial charge in [0.05, 0.1) is 24.0 Å². The van der Waals surface area contributed by atoms with Crippen molar-refractivity contribution in [1.82, 2.24) is 0 Å². The molecule has 0 amide bonds. The van der Waals surface area contributed by atoms with E-state index >= 15 is 0 Å². The number of hydrogen-bond acceptors (Lipinski definition) is 8. The number of rotatable bonds is 13. The van der Waals surface area contributed by atoms with Gasteiger partial charge in [0.15, 0.2) is 16.6 Å². The van der Waals surface area contributed by atoms with Crippen LogP contribution >= 0.6 is 0 Å². The Morgan fingerprint density at radius 2 is 0.869 bits per heavy atom. The lowest BCUT2D eigenvalue weighted by atomic mass is 9.85. The van der Waals surface area contributed by atoms with Crippen LogP contribution in [0.25, 0.3) is 0 Å². The van der Waals surface area contributed by atoms with Crippen molar-refractivity contribution in [3.05, 3.63) is 91.0 Å². The van der Waals surface area contributed by atoms with Gasteiger partial charge < -0.3 is 27.9 Å². The van der Waals surface area contributed by atoms with Crippen LogP contribution in [-0.2, 0) is 32.3 Å². The van der Waals surface area contributed by atoms with E-state index in [1.807, 2.05) is 45.9 Å². The minimum atomic E-state index is -2.81. The molecule has 3 aromatic carbocycles. The first-order valence-corrected chi connectivity index (χ1v) is 30.4. The number of ether oxygens (including phenoxy) is 2. The van der Waals surface area contributed by atoms with Gasteiger partial charge in [-0.05, 0) is 65.7 Å². The third-order valence-electron chi connectivity index (χ3n) is 13.6. The zero-order valence-corrected chi connectivity index (χ0v) is 43.4. The molecule has 2 saturated heterocycles. The van der Waals surface area contributed by atoms with E-state index in [4.69, 9.17) is 27.9 Å². The molecule has 2 heterocycles. The second-order valence-corrected chi connectivity index (χ2v) is 32.8. The summed E-state index contributed by atoms with van der Waals surface area (Å²) in [4.78, 5) is 25.0. The van der Waals surface area contributed by atoms with Crippen LogP contribution in [-0.4, -0.2) is 79.6 Å². The van der Waals surface area contributed by atoms with Crippen LogP contribution in [0.4, 0.5) is 0 Å². The number of benzene rings is 3. The van der Waals surface area contributed by atoms with E-state index in [0.717, 1.165) is 0 Å². The van der Waals surface area contributed by atoms with Crippen molar-refractivity contribution in [2.24, 2.45) is 23.7 Å². The van der Waals surface area contributed by atoms with Crippen LogP contribution < -0.4 is 15.6 Å². The molecule has 5 rings (SSSR count). The van der Waals surface area contributed by atoms with Gasteiger partial charge in [-0.3, -0.25) is 9.59 Å². The number of carbonyl (C=O) groups is 2. The highest BCUT2D eigenvalue weighted by molar-refractivity contribution is 7.07. The van der Waals surface area contributed by atoms with E-state index in [9.17, 15) is 9.59 Å². The Balaban J connectivity index is 0.000000380. The summed E-state index contributed by atoms with van der Waals surface area (Å²) in [5.74, 6) is -0.697. The van der Waals surface area contributed by atoms with Gasteiger partial charge in [0, 0.05) is 37.9 Å². The fraction of sp³-hybridized carbons (Fsp3) is 0.600. The largest absolute Gasteiger partial charge is 0.462 e. The smallest absolute Gasteiger partial charge is 0.311 e. The third-order valence-corrected chi connectivity index (χ3v) is 26.6. The summed E-state index contributed by atoms with van der Waals surface area (Å²) < 4.78 is 31.8. The average molecular weight is 893 g/mol. The Hall–Kier alpha value is -2.91. The predicted octanol–water partition coefficient (Wildman–Crippen LogP) is 9.63. The lowest BCUT2D eigenvalue weighted by Gasteiger charge is -2.46. The van der Waals surface area contributed by atoms with Crippen LogP contribution in [0, 0.1) is 23.7 Å². The molecular formula is C50H80O8Si3. The first-order chi connectivity index (χ1) is 28.5. The summed E-state index contributed by atoms with van der Waals surface area (Å²) in [6.07, 6.45) is 0.344. The molecule has 0 unspecified atom stereocenters. The number of hydrogen-bond donors (Lipinski definition) is 1. The molecule has 0 bridgehead atoms. The van der Waals surface area contributed by atoms with Crippen molar-refractivity contribution in [2.75, 3.05) is 13.2 Å². The Morgan fingerprint density at radius 3 is 1.16 bits per heavy atom. The minimum absolute atomic E-state index is 0.0312. The maximum Gasteiger partial charge on any atom is 0.311 e. The summed E-state index contributed by atoms with van der Waals surface area (Å²) in [5.41, 5.74) is 0. The molecule has 0 aromatic heterocycles. The van der Waals surface area contributed by atoms with Crippen molar-refractivity contribution in [3.63, 3.8) is 0 Å². The van der Waals surface area contributed by atoms with E-state index in [0.29, 0.717) is 19.4 Å². The van der Waals surface area contributed by atoms with Gasteiger partial charge in [-0.2, -0.15) is 0 Å². The Kier molecular flexibility index (Phi) is 19.0. The molecule has 0 radical (unpaired) electrons. The number of cyclic esters (lactones) is 2. The molecule has 3 aromatic rings. The molecule has 2 aliphatic rings.